The van der Waals surface area contributed by atoms with Crippen molar-refractivity contribution in [2.24, 2.45) is 0 Å². The van der Waals surface area contributed by atoms with Crippen LogP contribution in [0.4, 0.5) is 0 Å². The Hall–Kier alpha value is -1.22. The average molecular weight is 178 g/mol. The highest BCUT2D eigenvalue weighted by Crippen LogP contribution is 2.01. The van der Waals surface area contributed by atoms with Gasteiger partial charge in [0, 0.05) is 6.20 Å². The van der Waals surface area contributed by atoms with Gasteiger partial charge in [0.15, 0.2) is 5.78 Å². The largest absolute Gasteiger partial charge is 0.302 e. The number of hydrogen-bond acceptors (Lipinski definition) is 3. The van der Waals surface area contributed by atoms with Crippen LogP contribution < -0.4 is 0 Å². The van der Waals surface area contributed by atoms with Gasteiger partial charge in [-0.25, -0.2) is 0 Å². The molecule has 1 heterocycles. The molecule has 0 N–H and O–H groups in total. The first-order valence-corrected chi connectivity index (χ1v) is 4.20. The van der Waals surface area contributed by atoms with Crippen LogP contribution in [-0.2, 0) is 0 Å². The van der Waals surface area contributed by atoms with Crippen LogP contribution in [0, 0.1) is 6.92 Å². The lowest BCUT2D eigenvalue weighted by Crippen LogP contribution is -2.22. The highest BCUT2D eigenvalue weighted by molar-refractivity contribution is 5.95. The van der Waals surface area contributed by atoms with E-state index in [2.05, 4.69) is 4.98 Å². The van der Waals surface area contributed by atoms with Crippen molar-refractivity contribution in [2.75, 3.05) is 20.6 Å². The monoisotopic (exact) mass is 178 g/mol. The molecule has 0 aliphatic rings. The van der Waals surface area contributed by atoms with Crippen LogP contribution >= 0.6 is 0 Å². The molecule has 13 heavy (non-hydrogen) atoms. The number of rotatable bonds is 3. The highest BCUT2D eigenvalue weighted by atomic mass is 16.1. The second kappa shape index (κ2) is 4.14. The van der Waals surface area contributed by atoms with Crippen LogP contribution in [0.5, 0.6) is 0 Å². The molecule has 1 rings (SSSR count). The van der Waals surface area contributed by atoms with E-state index >= 15 is 0 Å². The van der Waals surface area contributed by atoms with E-state index < -0.39 is 0 Å². The lowest BCUT2D eigenvalue weighted by Gasteiger charge is -2.07. The summed E-state index contributed by atoms with van der Waals surface area (Å²) in [5, 5.41) is 0. The van der Waals surface area contributed by atoms with Crippen molar-refractivity contribution < 1.29 is 4.79 Å². The van der Waals surface area contributed by atoms with Gasteiger partial charge in [-0.2, -0.15) is 0 Å². The van der Waals surface area contributed by atoms with E-state index in [0.717, 1.165) is 5.56 Å². The predicted octanol–water partition coefficient (Wildman–Crippen LogP) is 1.13. The van der Waals surface area contributed by atoms with E-state index in [1.807, 2.05) is 38.1 Å². The Bertz CT molecular complexity index is 308. The number of pyridine rings is 1. The second-order valence-corrected chi connectivity index (χ2v) is 3.38. The number of hydrogen-bond donors (Lipinski definition) is 0. The zero-order valence-corrected chi connectivity index (χ0v) is 8.24. The zero-order chi connectivity index (χ0) is 9.84. The average Bonchev–Trinajstić information content (AvgIpc) is 2.03. The van der Waals surface area contributed by atoms with Crippen LogP contribution in [0.1, 0.15) is 16.1 Å². The van der Waals surface area contributed by atoms with Crippen LogP contribution in [0.15, 0.2) is 18.3 Å². The minimum Gasteiger partial charge on any atom is -0.302 e. The topological polar surface area (TPSA) is 33.2 Å². The lowest BCUT2D eigenvalue weighted by molar-refractivity contribution is 0.0953. The van der Waals surface area contributed by atoms with Crippen molar-refractivity contribution in [1.82, 2.24) is 9.88 Å². The van der Waals surface area contributed by atoms with Gasteiger partial charge in [0.25, 0.3) is 0 Å². The molecule has 0 bridgehead atoms. The standard InChI is InChI=1S/C10H14N2O/c1-8-4-5-11-9(6-8)10(13)7-12(2)3/h4-6H,7H2,1-3H3. The molecule has 0 radical (unpaired) electrons. The van der Waals surface area contributed by atoms with Crippen molar-refractivity contribution in [3.8, 4) is 0 Å². The van der Waals surface area contributed by atoms with Gasteiger partial charge in [-0.3, -0.25) is 9.78 Å². The Morgan fingerprint density at radius 2 is 2.23 bits per heavy atom. The summed E-state index contributed by atoms with van der Waals surface area (Å²) < 4.78 is 0. The van der Waals surface area contributed by atoms with E-state index in [4.69, 9.17) is 0 Å². The number of aromatic nitrogens is 1. The summed E-state index contributed by atoms with van der Waals surface area (Å²) in [5.41, 5.74) is 1.62. The Balaban J connectivity index is 2.77. The molecule has 0 fully saturated rings. The normalized spacial score (nSPS) is 10.5. The number of carbonyl (C=O) groups is 1. The Morgan fingerprint density at radius 3 is 2.77 bits per heavy atom. The Labute approximate surface area is 78.4 Å². The minimum absolute atomic E-state index is 0.0636. The molecule has 0 amide bonds. The molecule has 1 aromatic heterocycles. The molecule has 0 aliphatic heterocycles. The molecule has 0 aromatic carbocycles. The first-order chi connectivity index (χ1) is 6.09. The molecule has 0 unspecified atom stereocenters. The third-order valence-electron chi connectivity index (χ3n) is 1.66. The molecule has 1 aromatic rings. The SMILES string of the molecule is Cc1ccnc(C(=O)CN(C)C)c1. The van der Waals surface area contributed by atoms with E-state index in [1.165, 1.54) is 0 Å². The molecule has 0 saturated heterocycles. The van der Waals surface area contributed by atoms with Gasteiger partial charge in [0.2, 0.25) is 0 Å². The van der Waals surface area contributed by atoms with Gasteiger partial charge >= 0.3 is 0 Å². The van der Waals surface area contributed by atoms with Crippen LogP contribution in [0.3, 0.4) is 0 Å². The summed E-state index contributed by atoms with van der Waals surface area (Å²) >= 11 is 0. The molecule has 0 spiro atoms. The number of carbonyl (C=O) groups excluding carboxylic acids is 1. The van der Waals surface area contributed by atoms with Crippen LogP contribution in [0.2, 0.25) is 0 Å². The number of ketones is 1. The van der Waals surface area contributed by atoms with E-state index in [-0.39, 0.29) is 5.78 Å². The second-order valence-electron chi connectivity index (χ2n) is 3.38. The van der Waals surface area contributed by atoms with Crippen LogP contribution in [-0.4, -0.2) is 36.3 Å². The van der Waals surface area contributed by atoms with Crippen LogP contribution in [0.25, 0.3) is 0 Å². The summed E-state index contributed by atoms with van der Waals surface area (Å²) in [6.07, 6.45) is 1.66. The van der Waals surface area contributed by atoms with Crippen molar-refractivity contribution in [2.45, 2.75) is 6.92 Å². The summed E-state index contributed by atoms with van der Waals surface area (Å²) in [7, 11) is 3.74. The maximum absolute atomic E-state index is 11.5. The Morgan fingerprint density at radius 1 is 1.54 bits per heavy atom. The third-order valence-corrected chi connectivity index (χ3v) is 1.66. The fourth-order valence-electron chi connectivity index (χ4n) is 1.06. The zero-order valence-electron chi connectivity index (χ0n) is 8.24. The highest BCUT2D eigenvalue weighted by Gasteiger charge is 2.07. The van der Waals surface area contributed by atoms with Crippen molar-refractivity contribution in [3.05, 3.63) is 29.6 Å². The van der Waals surface area contributed by atoms with Crippen molar-refractivity contribution >= 4 is 5.78 Å². The maximum Gasteiger partial charge on any atom is 0.195 e. The number of aryl methyl sites for hydroxylation is 1. The van der Waals surface area contributed by atoms with Crippen molar-refractivity contribution in [3.63, 3.8) is 0 Å². The van der Waals surface area contributed by atoms with E-state index in [1.54, 1.807) is 6.20 Å². The first kappa shape index (κ1) is 9.86. The predicted molar refractivity (Wildman–Crippen MR) is 51.9 cm³/mol. The van der Waals surface area contributed by atoms with Gasteiger partial charge in [0.1, 0.15) is 5.69 Å². The fraction of sp³-hybridized carbons (Fsp3) is 0.400. The Kier molecular flexibility index (Phi) is 3.14. The molecular weight excluding hydrogens is 164 g/mol. The minimum atomic E-state index is 0.0636. The van der Waals surface area contributed by atoms with E-state index in [9.17, 15) is 4.79 Å². The van der Waals surface area contributed by atoms with Gasteiger partial charge in [-0.05, 0) is 38.7 Å². The van der Waals surface area contributed by atoms with Gasteiger partial charge in [-0.1, -0.05) is 0 Å². The molecule has 70 valence electrons. The quantitative estimate of drug-likeness (QED) is 0.651. The van der Waals surface area contributed by atoms with Crippen molar-refractivity contribution in [1.29, 1.82) is 0 Å². The summed E-state index contributed by atoms with van der Waals surface area (Å²) in [6.45, 7) is 2.37. The van der Waals surface area contributed by atoms with Gasteiger partial charge < -0.3 is 4.90 Å². The molecule has 3 nitrogen and oxygen atoms in total. The number of likely N-dealkylation sites (N-methyl/N-ethyl adjacent to an activating group) is 1. The summed E-state index contributed by atoms with van der Waals surface area (Å²) in [6, 6.07) is 3.69. The van der Waals surface area contributed by atoms with E-state index in [0.29, 0.717) is 12.2 Å². The summed E-state index contributed by atoms with van der Waals surface area (Å²) in [4.78, 5) is 17.4. The summed E-state index contributed by atoms with van der Waals surface area (Å²) in [5.74, 6) is 0.0636. The third kappa shape index (κ3) is 2.95. The molecule has 3 heteroatoms. The smallest absolute Gasteiger partial charge is 0.195 e. The number of nitrogens with zero attached hydrogens (tertiary/aromatic N) is 2. The molecule has 0 aliphatic carbocycles. The molecule has 0 saturated carbocycles. The molecule has 0 atom stereocenters. The maximum atomic E-state index is 11.5. The molecular formula is C10H14N2O. The fourth-order valence-corrected chi connectivity index (χ4v) is 1.06. The lowest BCUT2D eigenvalue weighted by atomic mass is 10.2. The van der Waals surface area contributed by atoms with Gasteiger partial charge in [0.05, 0.1) is 6.54 Å². The number of Topliss-reactive ketones (excluding diaryl/α,β-unsaturated/α-hetero) is 1. The first-order valence-electron chi connectivity index (χ1n) is 4.20. The van der Waals surface area contributed by atoms with Gasteiger partial charge in [-0.15, -0.1) is 0 Å².